The van der Waals surface area contributed by atoms with Crippen molar-refractivity contribution in [2.24, 2.45) is 4.99 Å². The van der Waals surface area contributed by atoms with Crippen molar-refractivity contribution < 1.29 is 9.47 Å². The fraction of sp³-hybridized carbons (Fsp3) is 0.474. The summed E-state index contributed by atoms with van der Waals surface area (Å²) < 4.78 is 11.1. The minimum absolute atomic E-state index is 0.000337. The molecule has 142 valence electrons. The molecule has 1 unspecified atom stereocenters. The predicted molar refractivity (Wildman–Crippen MR) is 107 cm³/mol. The molecule has 0 amide bonds. The van der Waals surface area contributed by atoms with E-state index in [0.717, 1.165) is 34.7 Å². The van der Waals surface area contributed by atoms with Gasteiger partial charge in [0, 0.05) is 11.4 Å². The summed E-state index contributed by atoms with van der Waals surface area (Å²) in [6, 6.07) is 7.59. The monoisotopic (exact) mass is 376 g/mol. The van der Waals surface area contributed by atoms with E-state index in [1.807, 2.05) is 45.0 Å². The first kappa shape index (κ1) is 20.0. The normalized spacial score (nSPS) is 12.6. The lowest BCUT2D eigenvalue weighted by atomic mass is 10.3. The second kappa shape index (κ2) is 10.0. The topological polar surface area (TPSA) is 67.8 Å². The first-order valence-electron chi connectivity index (χ1n) is 8.77. The average molecular weight is 377 g/mol. The third kappa shape index (κ3) is 6.22. The third-order valence-corrected chi connectivity index (χ3v) is 4.74. The molecule has 2 rings (SSSR count). The summed E-state index contributed by atoms with van der Waals surface area (Å²) in [5.74, 6) is 2.42. The van der Waals surface area contributed by atoms with Crippen molar-refractivity contribution in [1.29, 1.82) is 0 Å². The first-order valence-corrected chi connectivity index (χ1v) is 9.59. The van der Waals surface area contributed by atoms with Gasteiger partial charge in [-0.05, 0) is 52.0 Å². The Morgan fingerprint density at radius 3 is 2.46 bits per heavy atom. The predicted octanol–water partition coefficient (Wildman–Crippen LogP) is 3.29. The van der Waals surface area contributed by atoms with Crippen molar-refractivity contribution in [1.82, 2.24) is 15.6 Å². The highest BCUT2D eigenvalue weighted by Gasteiger charge is 2.08. The lowest BCUT2D eigenvalue weighted by Gasteiger charge is -2.17. The maximum atomic E-state index is 5.92. The zero-order valence-electron chi connectivity index (χ0n) is 16.1. The Morgan fingerprint density at radius 2 is 1.88 bits per heavy atom. The Hall–Kier alpha value is -2.28. The molecule has 0 radical (unpaired) electrons. The zero-order chi connectivity index (χ0) is 18.9. The fourth-order valence-corrected chi connectivity index (χ4v) is 3.24. The van der Waals surface area contributed by atoms with Crippen LogP contribution in [0.4, 0.5) is 0 Å². The molecule has 26 heavy (non-hydrogen) atoms. The summed E-state index contributed by atoms with van der Waals surface area (Å²) in [6.07, 6.45) is -0.000337. The Kier molecular flexibility index (Phi) is 7.72. The summed E-state index contributed by atoms with van der Waals surface area (Å²) in [5, 5.41) is 7.67. The van der Waals surface area contributed by atoms with Gasteiger partial charge >= 0.3 is 0 Å². The van der Waals surface area contributed by atoms with Crippen LogP contribution in [-0.2, 0) is 6.54 Å². The first-order chi connectivity index (χ1) is 12.5. The Labute approximate surface area is 159 Å². The number of aromatic nitrogens is 1. The van der Waals surface area contributed by atoms with Crippen molar-refractivity contribution in [3.05, 3.63) is 39.8 Å². The van der Waals surface area contributed by atoms with Crippen molar-refractivity contribution in [2.45, 2.75) is 40.3 Å². The molecule has 0 saturated heterocycles. The van der Waals surface area contributed by atoms with Crippen molar-refractivity contribution in [3.8, 4) is 11.5 Å². The summed E-state index contributed by atoms with van der Waals surface area (Å²) >= 11 is 1.69. The second-order valence-electron chi connectivity index (χ2n) is 5.92. The fourth-order valence-electron chi connectivity index (χ4n) is 2.38. The van der Waals surface area contributed by atoms with Crippen LogP contribution in [0.3, 0.4) is 0 Å². The van der Waals surface area contributed by atoms with Gasteiger partial charge in [0.2, 0.25) is 0 Å². The molecule has 0 saturated carbocycles. The Bertz CT molecular complexity index is 713. The summed E-state index contributed by atoms with van der Waals surface area (Å²) in [6.45, 7) is 10.2. The highest BCUT2D eigenvalue weighted by Crippen LogP contribution is 2.18. The van der Waals surface area contributed by atoms with Gasteiger partial charge in [0.15, 0.2) is 5.96 Å². The third-order valence-electron chi connectivity index (χ3n) is 3.68. The number of aryl methyl sites for hydroxylation is 2. The van der Waals surface area contributed by atoms with E-state index < -0.39 is 0 Å². The van der Waals surface area contributed by atoms with Crippen LogP contribution in [-0.4, -0.2) is 37.2 Å². The standard InChI is InChI=1S/C19H28N4O2S/c1-6-20-19(22-12-18-14(3)23-15(4)26-18)21-11-13(2)25-17-9-7-16(24-5)8-10-17/h7-10,13H,6,11-12H2,1-5H3,(H2,20,21,22). The summed E-state index contributed by atoms with van der Waals surface area (Å²) in [5.41, 5.74) is 1.06. The minimum Gasteiger partial charge on any atom is -0.497 e. The van der Waals surface area contributed by atoms with Crippen molar-refractivity contribution in [2.75, 3.05) is 20.2 Å². The highest BCUT2D eigenvalue weighted by molar-refractivity contribution is 7.11. The van der Waals surface area contributed by atoms with Gasteiger partial charge in [-0.3, -0.25) is 0 Å². The van der Waals surface area contributed by atoms with E-state index >= 15 is 0 Å². The van der Waals surface area contributed by atoms with Crippen molar-refractivity contribution in [3.63, 3.8) is 0 Å². The molecule has 1 atom stereocenters. The van der Waals surface area contributed by atoms with Crippen LogP contribution >= 0.6 is 11.3 Å². The van der Waals surface area contributed by atoms with Gasteiger partial charge in [-0.25, -0.2) is 9.98 Å². The number of rotatable bonds is 8. The van der Waals surface area contributed by atoms with Crippen LogP contribution < -0.4 is 20.1 Å². The number of hydrogen-bond donors (Lipinski definition) is 2. The maximum Gasteiger partial charge on any atom is 0.191 e. The zero-order valence-corrected chi connectivity index (χ0v) is 16.9. The van der Waals surface area contributed by atoms with E-state index in [1.165, 1.54) is 4.88 Å². The lowest BCUT2D eigenvalue weighted by Crippen LogP contribution is -2.41. The number of nitrogens with one attached hydrogen (secondary N) is 2. The number of methoxy groups -OCH3 is 1. The molecule has 2 N–H and O–H groups in total. The number of ether oxygens (including phenoxy) is 2. The molecule has 7 heteroatoms. The van der Waals surface area contributed by atoms with E-state index in [-0.39, 0.29) is 6.10 Å². The van der Waals surface area contributed by atoms with Crippen LogP contribution in [0.2, 0.25) is 0 Å². The maximum absolute atomic E-state index is 5.92. The number of benzene rings is 1. The Morgan fingerprint density at radius 1 is 1.19 bits per heavy atom. The smallest absolute Gasteiger partial charge is 0.191 e. The molecular formula is C19H28N4O2S. The quantitative estimate of drug-likeness (QED) is 0.547. The molecule has 1 heterocycles. The molecule has 1 aromatic carbocycles. The number of nitrogens with zero attached hydrogens (tertiary/aromatic N) is 2. The van der Waals surface area contributed by atoms with Gasteiger partial charge in [0.1, 0.15) is 17.6 Å². The van der Waals surface area contributed by atoms with Crippen LogP contribution in [0, 0.1) is 13.8 Å². The van der Waals surface area contributed by atoms with Crippen molar-refractivity contribution >= 4 is 17.3 Å². The van der Waals surface area contributed by atoms with Gasteiger partial charge in [-0.1, -0.05) is 0 Å². The lowest BCUT2D eigenvalue weighted by molar-refractivity contribution is 0.223. The van der Waals surface area contributed by atoms with Gasteiger partial charge in [0.25, 0.3) is 0 Å². The number of guanidine groups is 1. The molecule has 1 aromatic heterocycles. The molecule has 6 nitrogen and oxygen atoms in total. The summed E-state index contributed by atoms with van der Waals surface area (Å²) in [7, 11) is 1.65. The van der Waals surface area contributed by atoms with E-state index in [1.54, 1.807) is 18.4 Å². The molecule has 0 aliphatic rings. The van der Waals surface area contributed by atoms with Gasteiger partial charge in [-0.15, -0.1) is 11.3 Å². The molecule has 2 aromatic rings. The summed E-state index contributed by atoms with van der Waals surface area (Å²) in [4.78, 5) is 10.3. The van der Waals surface area contributed by atoms with Crippen LogP contribution in [0.1, 0.15) is 29.4 Å². The molecular weight excluding hydrogens is 348 g/mol. The van der Waals surface area contributed by atoms with Gasteiger partial charge in [-0.2, -0.15) is 0 Å². The Balaban J connectivity index is 1.87. The highest BCUT2D eigenvalue weighted by atomic mass is 32.1. The van der Waals surface area contributed by atoms with Gasteiger partial charge in [0.05, 0.1) is 30.9 Å². The molecule has 0 spiro atoms. The number of aliphatic imine (C=N–C) groups is 1. The van der Waals surface area contributed by atoms with E-state index in [2.05, 4.69) is 27.5 Å². The molecule has 0 aliphatic carbocycles. The van der Waals surface area contributed by atoms with Gasteiger partial charge < -0.3 is 20.1 Å². The van der Waals surface area contributed by atoms with Crippen LogP contribution in [0.15, 0.2) is 29.3 Å². The van der Waals surface area contributed by atoms with E-state index in [9.17, 15) is 0 Å². The average Bonchev–Trinajstić information content (AvgIpc) is 2.95. The van der Waals surface area contributed by atoms with Crippen LogP contribution in [0.5, 0.6) is 11.5 Å². The second-order valence-corrected chi connectivity index (χ2v) is 7.21. The largest absolute Gasteiger partial charge is 0.497 e. The minimum atomic E-state index is -0.000337. The van der Waals surface area contributed by atoms with E-state index in [0.29, 0.717) is 13.1 Å². The SMILES string of the molecule is CCNC(=NCc1sc(C)nc1C)NCC(C)Oc1ccc(OC)cc1. The van der Waals surface area contributed by atoms with E-state index in [4.69, 9.17) is 9.47 Å². The van der Waals surface area contributed by atoms with Crippen LogP contribution in [0.25, 0.3) is 0 Å². The molecule has 0 bridgehead atoms. The molecule has 0 fully saturated rings. The number of hydrogen-bond acceptors (Lipinski definition) is 5. The number of thiazole rings is 1. The molecule has 0 aliphatic heterocycles.